The van der Waals surface area contributed by atoms with Crippen LogP contribution in [0.2, 0.25) is 0 Å². The lowest BCUT2D eigenvalue weighted by Gasteiger charge is -2.43. The third kappa shape index (κ3) is 5.63. The molecule has 1 aliphatic carbocycles. The number of amides is 2. The Labute approximate surface area is 270 Å². The summed E-state index contributed by atoms with van der Waals surface area (Å²) in [6, 6.07) is 14.2. The second kappa shape index (κ2) is 11.5. The molecule has 6 rings (SSSR count). The number of aromatic nitrogens is 3. The molecule has 10 heteroatoms. The standard InChI is InChI=1S/C36H44FN7O2/c1-20(2)43-19-40-29-17-28(42-32(31(29)43)41-23-11-9-21(3)26(16-23)33(45)38-8)22-10-12-27-30(13-22)44(34(46)36(27,6)7)25-14-24(15-25)39-18-35(4,5)37/h9-13,16-17,19-20,24-25,39H,14-15,18H2,1-8H3,(H,38,45)(H,41,42). The van der Waals surface area contributed by atoms with Crippen LogP contribution in [0.3, 0.4) is 0 Å². The van der Waals surface area contributed by atoms with Crippen molar-refractivity contribution >= 4 is 40.0 Å². The molecule has 1 fully saturated rings. The minimum Gasteiger partial charge on any atom is -0.355 e. The molecule has 0 bridgehead atoms. The zero-order chi connectivity index (χ0) is 33.1. The van der Waals surface area contributed by atoms with Gasteiger partial charge in [-0.25, -0.2) is 14.4 Å². The van der Waals surface area contributed by atoms with Crippen LogP contribution in [-0.4, -0.2) is 57.7 Å². The van der Waals surface area contributed by atoms with Gasteiger partial charge >= 0.3 is 0 Å². The Balaban J connectivity index is 1.38. The number of carbonyl (C=O) groups excluding carboxylic acids is 2. The predicted molar refractivity (Wildman–Crippen MR) is 182 cm³/mol. The first-order chi connectivity index (χ1) is 21.7. The molecule has 2 aliphatic rings. The lowest BCUT2D eigenvalue weighted by atomic mass is 9.84. The topological polar surface area (TPSA) is 104 Å². The van der Waals surface area contributed by atoms with Gasteiger partial charge in [-0.05, 0) is 96.7 Å². The maximum absolute atomic E-state index is 14.1. The largest absolute Gasteiger partial charge is 0.355 e. The summed E-state index contributed by atoms with van der Waals surface area (Å²) in [4.78, 5) is 38.1. The van der Waals surface area contributed by atoms with Crippen LogP contribution in [0.4, 0.5) is 21.6 Å². The van der Waals surface area contributed by atoms with Gasteiger partial charge in [0.25, 0.3) is 5.91 Å². The van der Waals surface area contributed by atoms with Gasteiger partial charge in [0.15, 0.2) is 5.82 Å². The van der Waals surface area contributed by atoms with Gasteiger partial charge in [0.1, 0.15) is 11.2 Å². The third-order valence-electron chi connectivity index (χ3n) is 9.35. The Morgan fingerprint density at radius 2 is 1.87 bits per heavy atom. The van der Waals surface area contributed by atoms with Crippen LogP contribution in [0.25, 0.3) is 22.3 Å². The van der Waals surface area contributed by atoms with Gasteiger partial charge in [-0.3, -0.25) is 9.59 Å². The van der Waals surface area contributed by atoms with Crippen molar-refractivity contribution in [3.63, 3.8) is 0 Å². The fraction of sp³-hybridized carbons (Fsp3) is 0.444. The quantitative estimate of drug-likeness (QED) is 0.194. The lowest BCUT2D eigenvalue weighted by molar-refractivity contribution is -0.123. The highest BCUT2D eigenvalue weighted by molar-refractivity contribution is 6.09. The van der Waals surface area contributed by atoms with Gasteiger partial charge in [-0.2, -0.15) is 0 Å². The number of fused-ring (bicyclic) bond motifs is 2. The van der Waals surface area contributed by atoms with Crippen LogP contribution in [0.15, 0.2) is 48.8 Å². The minimum atomic E-state index is -1.28. The summed E-state index contributed by atoms with van der Waals surface area (Å²) in [5, 5.41) is 9.51. The first kappa shape index (κ1) is 31.7. The van der Waals surface area contributed by atoms with E-state index in [0.717, 1.165) is 57.6 Å². The number of carbonyl (C=O) groups is 2. The van der Waals surface area contributed by atoms with Gasteiger partial charge in [0, 0.05) is 54.2 Å². The Morgan fingerprint density at radius 3 is 2.54 bits per heavy atom. The van der Waals surface area contributed by atoms with Crippen molar-refractivity contribution in [3.8, 4) is 11.3 Å². The number of pyridine rings is 1. The van der Waals surface area contributed by atoms with Crippen LogP contribution in [0.5, 0.6) is 0 Å². The Bertz CT molecular complexity index is 1830. The highest BCUT2D eigenvalue weighted by atomic mass is 19.1. The molecule has 242 valence electrons. The zero-order valence-corrected chi connectivity index (χ0v) is 28.0. The summed E-state index contributed by atoms with van der Waals surface area (Å²) in [7, 11) is 1.62. The van der Waals surface area contributed by atoms with Crippen molar-refractivity contribution in [1.82, 2.24) is 25.2 Å². The summed E-state index contributed by atoms with van der Waals surface area (Å²) in [5.41, 5.74) is 5.42. The van der Waals surface area contributed by atoms with Crippen molar-refractivity contribution in [3.05, 3.63) is 65.5 Å². The second-order valence-corrected chi connectivity index (χ2v) is 14.2. The fourth-order valence-electron chi connectivity index (χ4n) is 6.56. The molecule has 0 radical (unpaired) electrons. The van der Waals surface area contributed by atoms with Crippen LogP contribution in [0.1, 0.15) is 81.9 Å². The molecule has 9 nitrogen and oxygen atoms in total. The highest BCUT2D eigenvalue weighted by Crippen LogP contribution is 2.47. The summed E-state index contributed by atoms with van der Waals surface area (Å²) in [6.07, 6.45) is 3.38. The summed E-state index contributed by atoms with van der Waals surface area (Å²) < 4.78 is 16.2. The van der Waals surface area contributed by atoms with Crippen molar-refractivity contribution in [2.45, 2.75) is 90.5 Å². The molecule has 2 amide bonds. The third-order valence-corrected chi connectivity index (χ3v) is 9.35. The maximum atomic E-state index is 14.1. The Hall–Kier alpha value is -4.31. The molecule has 2 aromatic carbocycles. The molecule has 0 unspecified atom stereocenters. The van der Waals surface area contributed by atoms with Crippen LogP contribution < -0.4 is 20.9 Å². The monoisotopic (exact) mass is 625 g/mol. The van der Waals surface area contributed by atoms with E-state index < -0.39 is 11.1 Å². The van der Waals surface area contributed by atoms with Crippen molar-refractivity contribution in [1.29, 1.82) is 0 Å². The second-order valence-electron chi connectivity index (χ2n) is 14.2. The average Bonchev–Trinajstić information content (AvgIpc) is 3.49. The number of imidazole rings is 1. The van der Waals surface area contributed by atoms with Crippen LogP contribution >= 0.6 is 0 Å². The molecule has 0 atom stereocenters. The van der Waals surface area contributed by atoms with Gasteiger partial charge in [0.2, 0.25) is 5.91 Å². The SMILES string of the molecule is CNC(=O)c1cc(Nc2nc(-c3ccc4c(c3)N(C3CC(NCC(C)(C)F)C3)C(=O)C4(C)C)cc3ncn(C(C)C)c23)ccc1C. The molecule has 1 saturated carbocycles. The smallest absolute Gasteiger partial charge is 0.251 e. The molecule has 0 saturated heterocycles. The van der Waals surface area contributed by atoms with E-state index in [-0.39, 0.29) is 36.5 Å². The van der Waals surface area contributed by atoms with E-state index in [9.17, 15) is 14.0 Å². The number of benzene rings is 2. The fourth-order valence-corrected chi connectivity index (χ4v) is 6.56. The Morgan fingerprint density at radius 1 is 1.13 bits per heavy atom. The molecule has 3 N–H and O–H groups in total. The molecule has 2 aromatic heterocycles. The normalized spacial score (nSPS) is 19.0. The van der Waals surface area contributed by atoms with E-state index in [1.807, 2.05) is 68.4 Å². The van der Waals surface area contributed by atoms with E-state index in [0.29, 0.717) is 11.4 Å². The number of anilines is 3. The number of hydrogen-bond donors (Lipinski definition) is 3. The number of hydrogen-bond acceptors (Lipinski definition) is 6. The first-order valence-corrected chi connectivity index (χ1v) is 16.1. The van der Waals surface area contributed by atoms with Gasteiger partial charge in [-0.15, -0.1) is 0 Å². The Kier molecular flexibility index (Phi) is 7.91. The van der Waals surface area contributed by atoms with Crippen molar-refractivity contribution < 1.29 is 14.0 Å². The van der Waals surface area contributed by atoms with Gasteiger partial charge < -0.3 is 25.4 Å². The number of rotatable bonds is 9. The van der Waals surface area contributed by atoms with E-state index in [2.05, 4.69) is 40.4 Å². The molecule has 1 aliphatic heterocycles. The molecular formula is C36H44FN7O2. The molecule has 4 aromatic rings. The molecule has 0 spiro atoms. The van der Waals surface area contributed by atoms with E-state index in [4.69, 9.17) is 9.97 Å². The van der Waals surface area contributed by atoms with Gasteiger partial charge in [0.05, 0.1) is 23.0 Å². The number of aryl methyl sites for hydroxylation is 1. The summed E-state index contributed by atoms with van der Waals surface area (Å²) >= 11 is 0. The maximum Gasteiger partial charge on any atom is 0.251 e. The summed E-state index contributed by atoms with van der Waals surface area (Å²) in [5.74, 6) is 0.560. The van der Waals surface area contributed by atoms with Crippen molar-refractivity contribution in [2.75, 3.05) is 23.8 Å². The first-order valence-electron chi connectivity index (χ1n) is 16.1. The zero-order valence-electron chi connectivity index (χ0n) is 28.0. The van der Waals surface area contributed by atoms with Crippen LogP contribution in [0, 0.1) is 6.92 Å². The van der Waals surface area contributed by atoms with E-state index >= 15 is 0 Å². The number of halogens is 1. The highest BCUT2D eigenvalue weighted by Gasteiger charge is 2.49. The molecule has 3 heterocycles. The number of alkyl halides is 1. The number of nitrogens with one attached hydrogen (secondary N) is 3. The van der Waals surface area contributed by atoms with E-state index in [1.54, 1.807) is 20.9 Å². The van der Waals surface area contributed by atoms with Crippen LogP contribution in [-0.2, 0) is 10.2 Å². The molecule has 46 heavy (non-hydrogen) atoms. The number of nitrogens with zero attached hydrogens (tertiary/aromatic N) is 4. The predicted octanol–water partition coefficient (Wildman–Crippen LogP) is 6.58. The van der Waals surface area contributed by atoms with Gasteiger partial charge in [-0.1, -0.05) is 18.2 Å². The lowest BCUT2D eigenvalue weighted by Crippen LogP contribution is -2.56. The minimum absolute atomic E-state index is 0.0500. The van der Waals surface area contributed by atoms with E-state index in [1.165, 1.54) is 0 Å². The average molecular weight is 626 g/mol. The summed E-state index contributed by atoms with van der Waals surface area (Å²) in [6.45, 7) is 13.5. The van der Waals surface area contributed by atoms with Crippen molar-refractivity contribution in [2.24, 2.45) is 0 Å². The molecular weight excluding hydrogens is 581 g/mol.